The standard InChI is InChI=1S/C7H7BClF2NO/c9-5-2-1-4(7(10)11)6(5)12-8-3-13/h1,3,7-8,12H,2H2. The minimum Gasteiger partial charge on any atom is -0.423 e. The third-order valence-corrected chi connectivity index (χ3v) is 2.00. The second-order valence-electron chi connectivity index (χ2n) is 2.49. The summed E-state index contributed by atoms with van der Waals surface area (Å²) >= 11 is 5.67. The molecule has 6 heteroatoms. The predicted molar refractivity (Wildman–Crippen MR) is 48.6 cm³/mol. The van der Waals surface area contributed by atoms with Gasteiger partial charge in [0.2, 0.25) is 0 Å². The fourth-order valence-electron chi connectivity index (χ4n) is 1.10. The fraction of sp³-hybridized carbons (Fsp3) is 0.286. The number of carbonyl (C=O) groups excluding carboxylic acids is 1. The van der Waals surface area contributed by atoms with E-state index in [-0.39, 0.29) is 18.7 Å². The van der Waals surface area contributed by atoms with E-state index in [2.05, 4.69) is 5.23 Å². The van der Waals surface area contributed by atoms with Crippen LogP contribution in [-0.4, -0.2) is 20.0 Å². The lowest BCUT2D eigenvalue weighted by Crippen LogP contribution is -2.22. The van der Waals surface area contributed by atoms with Crippen molar-refractivity contribution >= 4 is 25.2 Å². The van der Waals surface area contributed by atoms with Crippen LogP contribution in [0.1, 0.15) is 6.42 Å². The third kappa shape index (κ3) is 2.31. The maximum atomic E-state index is 12.3. The van der Waals surface area contributed by atoms with Crippen molar-refractivity contribution in [2.45, 2.75) is 12.8 Å². The van der Waals surface area contributed by atoms with Gasteiger partial charge in [-0.05, 0) is 0 Å². The summed E-state index contributed by atoms with van der Waals surface area (Å²) < 4.78 is 24.6. The van der Waals surface area contributed by atoms with E-state index >= 15 is 0 Å². The van der Waals surface area contributed by atoms with Gasteiger partial charge in [-0.3, -0.25) is 0 Å². The summed E-state index contributed by atoms with van der Waals surface area (Å²) in [7, 11) is -0.00435. The summed E-state index contributed by atoms with van der Waals surface area (Å²) in [5.74, 6) is 0. The summed E-state index contributed by atoms with van der Waals surface area (Å²) in [6, 6.07) is 0. The quantitative estimate of drug-likeness (QED) is 0.551. The molecule has 0 aliphatic heterocycles. The number of hydrogen-bond acceptors (Lipinski definition) is 2. The zero-order valence-electron chi connectivity index (χ0n) is 6.69. The van der Waals surface area contributed by atoms with Gasteiger partial charge in [0, 0.05) is 22.7 Å². The van der Waals surface area contributed by atoms with E-state index in [1.54, 1.807) is 0 Å². The van der Waals surface area contributed by atoms with Crippen LogP contribution < -0.4 is 5.23 Å². The zero-order chi connectivity index (χ0) is 9.84. The average Bonchev–Trinajstić information content (AvgIpc) is 2.43. The lowest BCUT2D eigenvalue weighted by atomic mass is 9.97. The van der Waals surface area contributed by atoms with Crippen molar-refractivity contribution in [2.75, 3.05) is 0 Å². The molecule has 1 aliphatic carbocycles. The predicted octanol–water partition coefficient (Wildman–Crippen LogP) is 1.16. The van der Waals surface area contributed by atoms with Crippen molar-refractivity contribution in [2.24, 2.45) is 0 Å². The van der Waals surface area contributed by atoms with Gasteiger partial charge in [-0.15, -0.1) is 0 Å². The van der Waals surface area contributed by atoms with Gasteiger partial charge in [-0.1, -0.05) is 17.7 Å². The molecule has 0 heterocycles. The average molecular weight is 205 g/mol. The minimum absolute atomic E-state index is 0.00435. The van der Waals surface area contributed by atoms with Gasteiger partial charge < -0.3 is 10.0 Å². The first-order valence-corrected chi connectivity index (χ1v) is 4.09. The first-order chi connectivity index (χ1) is 6.16. The number of carbonyl (C=O) groups is 1. The Balaban J connectivity index is 2.72. The van der Waals surface area contributed by atoms with Crippen LogP contribution in [-0.2, 0) is 4.79 Å². The van der Waals surface area contributed by atoms with Crippen LogP contribution in [0.15, 0.2) is 22.4 Å². The van der Waals surface area contributed by atoms with Gasteiger partial charge >= 0.3 is 7.41 Å². The molecule has 2 nitrogen and oxygen atoms in total. The Morgan fingerprint density at radius 1 is 1.69 bits per heavy atom. The maximum absolute atomic E-state index is 12.3. The van der Waals surface area contributed by atoms with Gasteiger partial charge in [0.25, 0.3) is 6.43 Å². The molecule has 1 rings (SSSR count). The number of halogens is 3. The molecule has 0 aromatic carbocycles. The molecule has 0 spiro atoms. The first kappa shape index (κ1) is 10.2. The van der Waals surface area contributed by atoms with Crippen LogP contribution in [0, 0.1) is 0 Å². The minimum atomic E-state index is -2.55. The Morgan fingerprint density at radius 2 is 2.38 bits per heavy atom. The van der Waals surface area contributed by atoms with E-state index in [1.165, 1.54) is 6.08 Å². The molecule has 1 aliphatic rings. The van der Waals surface area contributed by atoms with Gasteiger partial charge in [-0.25, -0.2) is 8.78 Å². The molecule has 0 aromatic heterocycles. The smallest absolute Gasteiger partial charge is 0.308 e. The van der Waals surface area contributed by atoms with Crippen LogP contribution in [0.3, 0.4) is 0 Å². The van der Waals surface area contributed by atoms with E-state index in [0.717, 1.165) is 0 Å². The van der Waals surface area contributed by atoms with Gasteiger partial charge in [0.05, 0.1) is 0 Å². The second kappa shape index (κ2) is 4.41. The monoisotopic (exact) mass is 205 g/mol. The molecule has 0 atom stereocenters. The maximum Gasteiger partial charge on any atom is 0.308 e. The van der Waals surface area contributed by atoms with Crippen molar-refractivity contribution < 1.29 is 13.6 Å². The largest absolute Gasteiger partial charge is 0.423 e. The van der Waals surface area contributed by atoms with Crippen LogP contribution >= 0.6 is 11.6 Å². The molecule has 0 unspecified atom stereocenters. The number of alkyl halides is 2. The van der Waals surface area contributed by atoms with Gasteiger partial charge in [0.15, 0.2) is 0 Å². The molecule has 0 fully saturated rings. The second-order valence-corrected chi connectivity index (χ2v) is 2.95. The highest BCUT2D eigenvalue weighted by atomic mass is 35.5. The SMILES string of the molecule is O=CBNC1=C(Cl)CC=C1C(F)F. The van der Waals surface area contributed by atoms with E-state index < -0.39 is 6.43 Å². The van der Waals surface area contributed by atoms with Crippen LogP contribution in [0.5, 0.6) is 0 Å². The van der Waals surface area contributed by atoms with Crippen LogP contribution in [0.25, 0.3) is 0 Å². The summed E-state index contributed by atoms with van der Waals surface area (Å²) in [5.41, 5.74) is 0.0793. The normalized spacial score (nSPS) is 16.2. The number of allylic oxidation sites excluding steroid dienone is 3. The Kier molecular flexibility index (Phi) is 3.48. The molecular formula is C7H7BClF2NO. The molecule has 0 saturated heterocycles. The molecule has 0 amide bonds. The first-order valence-electron chi connectivity index (χ1n) is 3.71. The molecule has 1 N–H and O–H groups in total. The molecule has 0 aromatic rings. The Hall–Kier alpha value is -0.835. The van der Waals surface area contributed by atoms with E-state index in [1.807, 2.05) is 0 Å². The Labute approximate surface area is 79.9 Å². The highest BCUT2D eigenvalue weighted by Gasteiger charge is 2.22. The molecule has 0 bridgehead atoms. The number of rotatable bonds is 4. The van der Waals surface area contributed by atoms with Gasteiger partial charge in [0.1, 0.15) is 6.19 Å². The van der Waals surface area contributed by atoms with Crippen molar-refractivity contribution in [3.63, 3.8) is 0 Å². The highest BCUT2D eigenvalue weighted by molar-refractivity contribution is 6.65. The topological polar surface area (TPSA) is 29.1 Å². The lowest BCUT2D eigenvalue weighted by molar-refractivity contribution is 0.192. The molecule has 0 radical (unpaired) electrons. The Morgan fingerprint density at radius 3 is 2.92 bits per heavy atom. The van der Waals surface area contributed by atoms with Crippen molar-refractivity contribution in [1.29, 1.82) is 0 Å². The number of nitrogens with one attached hydrogen (secondary N) is 1. The van der Waals surface area contributed by atoms with Crippen molar-refractivity contribution in [3.05, 3.63) is 22.4 Å². The third-order valence-electron chi connectivity index (χ3n) is 1.66. The fourth-order valence-corrected chi connectivity index (χ4v) is 1.35. The van der Waals surface area contributed by atoms with Crippen LogP contribution in [0.4, 0.5) is 8.78 Å². The molecule has 0 saturated carbocycles. The Bertz CT molecular complexity index is 278. The lowest BCUT2D eigenvalue weighted by Gasteiger charge is -2.08. The van der Waals surface area contributed by atoms with Gasteiger partial charge in [-0.2, -0.15) is 0 Å². The van der Waals surface area contributed by atoms with Crippen molar-refractivity contribution in [3.8, 4) is 0 Å². The highest BCUT2D eigenvalue weighted by Crippen LogP contribution is 2.30. The van der Waals surface area contributed by atoms with Crippen LogP contribution in [0.2, 0.25) is 0 Å². The van der Waals surface area contributed by atoms with E-state index in [0.29, 0.717) is 17.6 Å². The molecule has 13 heavy (non-hydrogen) atoms. The summed E-state index contributed by atoms with van der Waals surface area (Å²) in [6.07, 6.45) is -0.286. The van der Waals surface area contributed by atoms with E-state index in [4.69, 9.17) is 11.6 Å². The zero-order valence-corrected chi connectivity index (χ0v) is 7.44. The van der Waals surface area contributed by atoms with Crippen molar-refractivity contribution in [1.82, 2.24) is 5.23 Å². The number of hydrogen-bond donors (Lipinski definition) is 1. The summed E-state index contributed by atoms with van der Waals surface area (Å²) in [6.45, 7) is 0. The molecule has 70 valence electrons. The van der Waals surface area contributed by atoms with E-state index in [9.17, 15) is 13.6 Å². The summed E-state index contributed by atoms with van der Waals surface area (Å²) in [5, 5.41) is 2.87. The molecular weight excluding hydrogens is 198 g/mol. The summed E-state index contributed by atoms with van der Waals surface area (Å²) in [4.78, 5) is 10.0.